The highest BCUT2D eigenvalue weighted by atomic mass is 16.5. The molecule has 6 heteroatoms. The lowest BCUT2D eigenvalue weighted by atomic mass is 10.1. The molecule has 0 bridgehead atoms. The fourth-order valence-corrected chi connectivity index (χ4v) is 1.63. The third-order valence-electron chi connectivity index (χ3n) is 2.45. The molecule has 0 amide bonds. The van der Waals surface area contributed by atoms with Crippen LogP contribution in [0.25, 0.3) is 11.3 Å². The molecule has 0 atom stereocenters. The molecule has 0 aliphatic heterocycles. The van der Waals surface area contributed by atoms with Gasteiger partial charge in [-0.2, -0.15) is 4.98 Å². The first-order valence-electron chi connectivity index (χ1n) is 5.26. The molecule has 94 valence electrons. The Kier molecular flexibility index (Phi) is 3.18. The number of methoxy groups -OCH3 is 2. The molecule has 0 fully saturated rings. The summed E-state index contributed by atoms with van der Waals surface area (Å²) in [5.74, 6) is 1.77. The molecule has 0 saturated carbocycles. The van der Waals surface area contributed by atoms with E-state index in [2.05, 4.69) is 9.97 Å². The van der Waals surface area contributed by atoms with E-state index in [1.807, 2.05) is 12.1 Å². The topological polar surface area (TPSA) is 96.3 Å². The van der Waals surface area contributed by atoms with Crippen LogP contribution in [0.1, 0.15) is 0 Å². The lowest BCUT2D eigenvalue weighted by Gasteiger charge is -2.10. The van der Waals surface area contributed by atoms with Gasteiger partial charge in [0.2, 0.25) is 5.95 Å². The second kappa shape index (κ2) is 4.79. The number of benzene rings is 1. The zero-order valence-electron chi connectivity index (χ0n) is 10.2. The zero-order chi connectivity index (χ0) is 13.1. The summed E-state index contributed by atoms with van der Waals surface area (Å²) < 4.78 is 10.4. The highest BCUT2D eigenvalue weighted by Crippen LogP contribution is 2.32. The highest BCUT2D eigenvalue weighted by Gasteiger charge is 2.10. The highest BCUT2D eigenvalue weighted by molar-refractivity contribution is 5.70. The molecule has 0 radical (unpaired) electrons. The fourth-order valence-electron chi connectivity index (χ4n) is 1.63. The maximum Gasteiger partial charge on any atom is 0.222 e. The minimum Gasteiger partial charge on any atom is -0.497 e. The minimum absolute atomic E-state index is 0.128. The number of nitrogens with two attached hydrogens (primary N) is 2. The van der Waals surface area contributed by atoms with Crippen LogP contribution >= 0.6 is 0 Å². The summed E-state index contributed by atoms with van der Waals surface area (Å²) in [4.78, 5) is 7.96. The molecular weight excluding hydrogens is 232 g/mol. The van der Waals surface area contributed by atoms with Gasteiger partial charge in [-0.25, -0.2) is 4.98 Å². The number of ether oxygens (including phenoxy) is 2. The van der Waals surface area contributed by atoms with E-state index in [1.54, 1.807) is 26.4 Å². The van der Waals surface area contributed by atoms with E-state index in [0.29, 0.717) is 23.0 Å². The Morgan fingerprint density at radius 3 is 2.39 bits per heavy atom. The van der Waals surface area contributed by atoms with Crippen molar-refractivity contribution in [1.29, 1.82) is 0 Å². The Morgan fingerprint density at radius 1 is 1.00 bits per heavy atom. The van der Waals surface area contributed by atoms with Gasteiger partial charge in [-0.3, -0.25) is 0 Å². The van der Waals surface area contributed by atoms with Gasteiger partial charge in [-0.05, 0) is 12.1 Å². The fraction of sp³-hybridized carbons (Fsp3) is 0.167. The van der Waals surface area contributed by atoms with Crippen LogP contribution in [0.3, 0.4) is 0 Å². The molecule has 18 heavy (non-hydrogen) atoms. The van der Waals surface area contributed by atoms with Crippen LogP contribution in [0.2, 0.25) is 0 Å². The van der Waals surface area contributed by atoms with Crippen LogP contribution in [0.4, 0.5) is 11.8 Å². The predicted molar refractivity (Wildman–Crippen MR) is 69.4 cm³/mol. The van der Waals surface area contributed by atoms with Crippen LogP contribution < -0.4 is 20.9 Å². The largest absolute Gasteiger partial charge is 0.497 e. The van der Waals surface area contributed by atoms with Crippen molar-refractivity contribution in [2.24, 2.45) is 0 Å². The molecule has 0 unspecified atom stereocenters. The van der Waals surface area contributed by atoms with Crippen molar-refractivity contribution in [3.05, 3.63) is 24.3 Å². The van der Waals surface area contributed by atoms with Gasteiger partial charge in [0.05, 0.1) is 19.9 Å². The molecule has 1 aromatic carbocycles. The number of nitrogen functional groups attached to an aromatic ring is 2. The number of anilines is 2. The summed E-state index contributed by atoms with van der Waals surface area (Å²) in [6.45, 7) is 0. The maximum atomic E-state index is 5.65. The van der Waals surface area contributed by atoms with Crippen molar-refractivity contribution in [1.82, 2.24) is 9.97 Å². The lowest BCUT2D eigenvalue weighted by molar-refractivity contribution is 0.395. The second-order valence-corrected chi connectivity index (χ2v) is 3.60. The average molecular weight is 246 g/mol. The van der Waals surface area contributed by atoms with Crippen molar-refractivity contribution < 1.29 is 9.47 Å². The van der Waals surface area contributed by atoms with Gasteiger partial charge in [0, 0.05) is 17.7 Å². The second-order valence-electron chi connectivity index (χ2n) is 3.60. The SMILES string of the molecule is COc1ccc(-c2cc(N)nc(N)n2)c(OC)c1. The first kappa shape index (κ1) is 12.0. The van der Waals surface area contributed by atoms with Gasteiger partial charge in [-0.1, -0.05) is 0 Å². The summed E-state index contributed by atoms with van der Waals surface area (Å²) in [5.41, 5.74) is 12.6. The predicted octanol–water partition coefficient (Wildman–Crippen LogP) is 1.33. The Morgan fingerprint density at radius 2 is 1.78 bits per heavy atom. The van der Waals surface area contributed by atoms with E-state index in [-0.39, 0.29) is 5.95 Å². The van der Waals surface area contributed by atoms with Crippen molar-refractivity contribution in [3.8, 4) is 22.8 Å². The minimum atomic E-state index is 0.128. The van der Waals surface area contributed by atoms with Crippen LogP contribution in [-0.4, -0.2) is 24.2 Å². The number of nitrogens with zero attached hydrogens (tertiary/aromatic N) is 2. The quantitative estimate of drug-likeness (QED) is 0.848. The Balaban J connectivity index is 2.55. The molecule has 1 heterocycles. The summed E-state index contributed by atoms with van der Waals surface area (Å²) in [7, 11) is 3.17. The average Bonchev–Trinajstić information content (AvgIpc) is 2.36. The summed E-state index contributed by atoms with van der Waals surface area (Å²) >= 11 is 0. The van der Waals surface area contributed by atoms with Crippen molar-refractivity contribution in [2.75, 3.05) is 25.7 Å². The van der Waals surface area contributed by atoms with Gasteiger partial charge in [0.1, 0.15) is 17.3 Å². The third kappa shape index (κ3) is 2.27. The summed E-state index contributed by atoms with van der Waals surface area (Å²) in [5, 5.41) is 0. The van der Waals surface area contributed by atoms with E-state index in [9.17, 15) is 0 Å². The third-order valence-corrected chi connectivity index (χ3v) is 2.45. The molecule has 0 aliphatic carbocycles. The Hall–Kier alpha value is -2.50. The van der Waals surface area contributed by atoms with Crippen LogP contribution in [-0.2, 0) is 0 Å². The van der Waals surface area contributed by atoms with Crippen LogP contribution in [0.15, 0.2) is 24.3 Å². The van der Waals surface area contributed by atoms with Crippen molar-refractivity contribution in [3.63, 3.8) is 0 Å². The van der Waals surface area contributed by atoms with Crippen LogP contribution in [0, 0.1) is 0 Å². The number of hydrogen-bond donors (Lipinski definition) is 2. The lowest BCUT2D eigenvalue weighted by Crippen LogP contribution is -2.01. The number of hydrogen-bond acceptors (Lipinski definition) is 6. The standard InChI is InChI=1S/C12H14N4O2/c1-17-7-3-4-8(10(5-7)18-2)9-6-11(13)16-12(14)15-9/h3-6H,1-2H3,(H4,13,14,15,16). The molecule has 2 aromatic rings. The number of aromatic nitrogens is 2. The first-order valence-corrected chi connectivity index (χ1v) is 5.26. The van der Waals surface area contributed by atoms with Gasteiger partial charge in [-0.15, -0.1) is 0 Å². The van der Waals surface area contributed by atoms with Crippen molar-refractivity contribution in [2.45, 2.75) is 0 Å². The van der Waals surface area contributed by atoms with Gasteiger partial charge in [0.25, 0.3) is 0 Å². The van der Waals surface area contributed by atoms with E-state index in [1.165, 1.54) is 0 Å². The first-order chi connectivity index (χ1) is 8.63. The van der Waals surface area contributed by atoms with Gasteiger partial charge < -0.3 is 20.9 Å². The van der Waals surface area contributed by atoms with Gasteiger partial charge >= 0.3 is 0 Å². The van der Waals surface area contributed by atoms with Crippen molar-refractivity contribution >= 4 is 11.8 Å². The maximum absolute atomic E-state index is 5.65. The molecule has 0 saturated heterocycles. The Bertz CT molecular complexity index is 552. The summed E-state index contributed by atoms with van der Waals surface area (Å²) in [6.07, 6.45) is 0. The molecule has 4 N–H and O–H groups in total. The van der Waals surface area contributed by atoms with E-state index < -0.39 is 0 Å². The molecule has 0 aliphatic rings. The molecule has 2 rings (SSSR count). The molecule has 0 spiro atoms. The zero-order valence-corrected chi connectivity index (χ0v) is 10.2. The van der Waals surface area contributed by atoms with E-state index in [4.69, 9.17) is 20.9 Å². The normalized spacial score (nSPS) is 10.1. The monoisotopic (exact) mass is 246 g/mol. The molecular formula is C12H14N4O2. The Labute approximate surface area is 105 Å². The molecule has 1 aromatic heterocycles. The smallest absolute Gasteiger partial charge is 0.222 e. The van der Waals surface area contributed by atoms with Crippen LogP contribution in [0.5, 0.6) is 11.5 Å². The molecule has 6 nitrogen and oxygen atoms in total. The van der Waals surface area contributed by atoms with E-state index in [0.717, 1.165) is 5.56 Å². The van der Waals surface area contributed by atoms with E-state index >= 15 is 0 Å². The van der Waals surface area contributed by atoms with Gasteiger partial charge in [0.15, 0.2) is 0 Å². The summed E-state index contributed by atoms with van der Waals surface area (Å²) in [6, 6.07) is 7.05. The number of rotatable bonds is 3.